The second kappa shape index (κ2) is 5.04. The van der Waals surface area contributed by atoms with Crippen LogP contribution in [-0.2, 0) is 5.75 Å². The third-order valence-corrected chi connectivity index (χ3v) is 3.22. The lowest BCUT2D eigenvalue weighted by Gasteiger charge is -1.97. The molecule has 0 spiro atoms. The molecule has 2 aromatic rings. The highest BCUT2D eigenvalue weighted by molar-refractivity contribution is 8.13. The highest BCUT2D eigenvalue weighted by Gasteiger charge is 2.06. The van der Waals surface area contributed by atoms with E-state index < -0.39 is 0 Å². The summed E-state index contributed by atoms with van der Waals surface area (Å²) in [5, 5.41) is 0.0728. The zero-order chi connectivity index (χ0) is 10.5. The minimum atomic E-state index is 0.0728. The SMILES string of the molecule is O=C(SCc1cnsn1)c1ccccc1. The maximum absolute atomic E-state index is 11.7. The van der Waals surface area contributed by atoms with Gasteiger partial charge in [-0.05, 0) is 0 Å². The first-order chi connectivity index (χ1) is 7.36. The third kappa shape index (κ3) is 2.87. The van der Waals surface area contributed by atoms with Gasteiger partial charge in [-0.3, -0.25) is 4.79 Å². The lowest BCUT2D eigenvalue weighted by Crippen LogP contribution is -1.93. The number of nitrogens with zero attached hydrogens (tertiary/aromatic N) is 2. The zero-order valence-electron chi connectivity index (χ0n) is 7.79. The van der Waals surface area contributed by atoms with Crippen LogP contribution in [0.3, 0.4) is 0 Å². The molecule has 2 rings (SSSR count). The van der Waals surface area contributed by atoms with Gasteiger partial charge < -0.3 is 0 Å². The smallest absolute Gasteiger partial charge is 0.219 e. The molecule has 0 bridgehead atoms. The fourth-order valence-corrected chi connectivity index (χ4v) is 2.28. The van der Waals surface area contributed by atoms with E-state index in [4.69, 9.17) is 0 Å². The van der Waals surface area contributed by atoms with Crippen molar-refractivity contribution in [2.75, 3.05) is 0 Å². The van der Waals surface area contributed by atoms with Gasteiger partial charge in [-0.25, -0.2) is 0 Å². The first kappa shape index (κ1) is 10.3. The van der Waals surface area contributed by atoms with E-state index in [1.807, 2.05) is 30.3 Å². The molecule has 1 aromatic heterocycles. The van der Waals surface area contributed by atoms with Crippen LogP contribution in [0.2, 0.25) is 0 Å². The summed E-state index contributed by atoms with van der Waals surface area (Å²) in [6.45, 7) is 0. The van der Waals surface area contributed by atoms with Crippen LogP contribution in [0.5, 0.6) is 0 Å². The number of aromatic nitrogens is 2. The van der Waals surface area contributed by atoms with Crippen molar-refractivity contribution in [1.82, 2.24) is 8.75 Å². The normalized spacial score (nSPS) is 10.1. The first-order valence-corrected chi connectivity index (χ1v) is 6.06. The van der Waals surface area contributed by atoms with E-state index >= 15 is 0 Å². The van der Waals surface area contributed by atoms with Crippen molar-refractivity contribution in [3.8, 4) is 0 Å². The van der Waals surface area contributed by atoms with Crippen LogP contribution in [0.25, 0.3) is 0 Å². The topological polar surface area (TPSA) is 42.9 Å². The molecule has 0 aliphatic carbocycles. The number of carbonyl (C=O) groups excluding carboxylic acids is 1. The minimum Gasteiger partial charge on any atom is -0.282 e. The lowest BCUT2D eigenvalue weighted by molar-refractivity contribution is 0.108. The molecule has 15 heavy (non-hydrogen) atoms. The fraction of sp³-hybridized carbons (Fsp3) is 0.100. The molecule has 0 saturated heterocycles. The summed E-state index contributed by atoms with van der Waals surface area (Å²) in [5.74, 6) is 0.588. The number of hydrogen-bond donors (Lipinski definition) is 0. The maximum atomic E-state index is 11.7. The van der Waals surface area contributed by atoms with Gasteiger partial charge in [0.2, 0.25) is 5.12 Å². The summed E-state index contributed by atoms with van der Waals surface area (Å²) in [6.07, 6.45) is 1.69. The highest BCUT2D eigenvalue weighted by Crippen LogP contribution is 2.16. The predicted octanol–water partition coefficient (Wildman–Crippen LogP) is 2.61. The number of thioether (sulfide) groups is 1. The first-order valence-electron chi connectivity index (χ1n) is 4.35. The monoisotopic (exact) mass is 236 g/mol. The molecule has 0 aliphatic heterocycles. The molecule has 0 fully saturated rings. The second-order valence-corrected chi connectivity index (χ2v) is 4.35. The van der Waals surface area contributed by atoms with E-state index in [2.05, 4.69) is 8.75 Å². The van der Waals surface area contributed by atoms with Crippen molar-refractivity contribution in [3.63, 3.8) is 0 Å². The maximum Gasteiger partial charge on any atom is 0.219 e. The standard InChI is InChI=1S/C10H8N2OS2/c13-10(8-4-2-1-3-5-8)14-7-9-6-11-15-12-9/h1-6H,7H2. The molecule has 0 saturated carbocycles. The Kier molecular flexibility index (Phi) is 3.47. The van der Waals surface area contributed by atoms with Crippen LogP contribution in [0.1, 0.15) is 16.1 Å². The van der Waals surface area contributed by atoms with Crippen molar-refractivity contribution < 1.29 is 4.79 Å². The predicted molar refractivity (Wildman–Crippen MR) is 62.0 cm³/mol. The van der Waals surface area contributed by atoms with Gasteiger partial charge >= 0.3 is 0 Å². The quantitative estimate of drug-likeness (QED) is 0.821. The van der Waals surface area contributed by atoms with Gasteiger partial charge in [0, 0.05) is 11.3 Å². The lowest BCUT2D eigenvalue weighted by atomic mass is 10.2. The Labute approximate surface area is 95.9 Å². The highest BCUT2D eigenvalue weighted by atomic mass is 32.2. The number of hydrogen-bond acceptors (Lipinski definition) is 5. The van der Waals surface area contributed by atoms with Gasteiger partial charge in [-0.15, -0.1) is 0 Å². The van der Waals surface area contributed by atoms with Gasteiger partial charge in [-0.1, -0.05) is 42.1 Å². The Hall–Kier alpha value is -1.20. The number of rotatable bonds is 3. The van der Waals surface area contributed by atoms with E-state index in [-0.39, 0.29) is 5.12 Å². The van der Waals surface area contributed by atoms with Gasteiger partial charge in [0.1, 0.15) is 0 Å². The van der Waals surface area contributed by atoms with Crippen LogP contribution >= 0.6 is 23.5 Å². The average Bonchev–Trinajstić information content (AvgIpc) is 2.80. The third-order valence-electron chi connectivity index (χ3n) is 1.77. The molecule has 0 radical (unpaired) electrons. The van der Waals surface area contributed by atoms with Crippen molar-refractivity contribution in [1.29, 1.82) is 0 Å². The number of benzene rings is 1. The summed E-state index contributed by atoms with van der Waals surface area (Å²) in [6, 6.07) is 9.24. The van der Waals surface area contributed by atoms with E-state index in [9.17, 15) is 4.79 Å². The molecule has 0 atom stereocenters. The minimum absolute atomic E-state index is 0.0728. The summed E-state index contributed by atoms with van der Waals surface area (Å²) >= 11 is 2.41. The zero-order valence-corrected chi connectivity index (χ0v) is 9.42. The largest absolute Gasteiger partial charge is 0.282 e. The molecule has 5 heteroatoms. The summed E-state index contributed by atoms with van der Waals surface area (Å²) < 4.78 is 7.92. The second-order valence-electron chi connectivity index (χ2n) is 2.84. The summed E-state index contributed by atoms with van der Waals surface area (Å²) in [7, 11) is 0. The van der Waals surface area contributed by atoms with Crippen LogP contribution in [0.4, 0.5) is 0 Å². The Morgan fingerprint density at radius 2 is 2.13 bits per heavy atom. The van der Waals surface area contributed by atoms with Crippen LogP contribution < -0.4 is 0 Å². The molecule has 0 amide bonds. The Morgan fingerprint density at radius 3 is 2.80 bits per heavy atom. The van der Waals surface area contributed by atoms with Gasteiger partial charge in [-0.2, -0.15) is 8.75 Å². The molecule has 0 unspecified atom stereocenters. The van der Waals surface area contributed by atoms with E-state index in [0.717, 1.165) is 23.0 Å². The molecular weight excluding hydrogens is 228 g/mol. The summed E-state index contributed by atoms with van der Waals surface area (Å²) in [4.78, 5) is 11.7. The van der Waals surface area contributed by atoms with Gasteiger partial charge in [0.15, 0.2) is 0 Å². The molecule has 1 aromatic carbocycles. The molecular formula is C10H8N2OS2. The van der Waals surface area contributed by atoms with Crippen molar-refractivity contribution in [2.24, 2.45) is 0 Å². The Bertz CT molecular complexity index is 428. The number of carbonyl (C=O) groups is 1. The molecule has 1 heterocycles. The van der Waals surface area contributed by atoms with E-state index in [0.29, 0.717) is 5.75 Å². The van der Waals surface area contributed by atoms with Crippen LogP contribution in [0, 0.1) is 0 Å². The van der Waals surface area contributed by atoms with Gasteiger partial charge in [0.05, 0.1) is 23.6 Å². The van der Waals surface area contributed by atoms with Gasteiger partial charge in [0.25, 0.3) is 0 Å². The molecule has 76 valence electrons. The molecule has 3 nitrogen and oxygen atoms in total. The van der Waals surface area contributed by atoms with Crippen LogP contribution in [0.15, 0.2) is 36.5 Å². The molecule has 0 aliphatic rings. The summed E-state index contributed by atoms with van der Waals surface area (Å²) in [5.41, 5.74) is 1.58. The van der Waals surface area contributed by atoms with Crippen molar-refractivity contribution in [2.45, 2.75) is 5.75 Å². The fourth-order valence-electron chi connectivity index (χ4n) is 1.04. The Balaban J connectivity index is 1.94. The van der Waals surface area contributed by atoms with Crippen molar-refractivity contribution in [3.05, 3.63) is 47.8 Å². The van der Waals surface area contributed by atoms with Crippen LogP contribution in [-0.4, -0.2) is 13.9 Å². The van der Waals surface area contributed by atoms with E-state index in [1.165, 1.54) is 11.8 Å². The molecule has 0 N–H and O–H groups in total. The van der Waals surface area contributed by atoms with Crippen molar-refractivity contribution >= 4 is 28.6 Å². The van der Waals surface area contributed by atoms with E-state index in [1.54, 1.807) is 6.20 Å². The Morgan fingerprint density at radius 1 is 1.33 bits per heavy atom. The average molecular weight is 236 g/mol.